The van der Waals surface area contributed by atoms with Crippen molar-refractivity contribution in [2.75, 3.05) is 41.9 Å². The molecule has 6 N–H and O–H groups in total. The minimum atomic E-state index is -1.26. The zero-order chi connectivity index (χ0) is 42.6. The van der Waals surface area contributed by atoms with Crippen molar-refractivity contribution in [1.29, 1.82) is 0 Å². The Balaban J connectivity index is 2.35. The second-order valence-corrected chi connectivity index (χ2v) is 16.1. The predicted octanol–water partition coefficient (Wildman–Crippen LogP) is 2.02. The molecule has 0 aromatic heterocycles. The van der Waals surface area contributed by atoms with Crippen LogP contribution in [0.3, 0.4) is 0 Å². The van der Waals surface area contributed by atoms with Gasteiger partial charge >= 0.3 is 5.97 Å². The Hall–Kier alpha value is -3.83. The third-order valence-corrected chi connectivity index (χ3v) is 11.1. The van der Waals surface area contributed by atoms with Gasteiger partial charge in [-0.1, -0.05) is 67.0 Å². The molecule has 318 valence electrons. The highest BCUT2D eigenvalue weighted by Crippen LogP contribution is 2.31. The van der Waals surface area contributed by atoms with E-state index in [0.29, 0.717) is 12.0 Å². The number of carboxylic acid groups (broad SMARTS) is 1. The average molecular weight is 793 g/mol. The summed E-state index contributed by atoms with van der Waals surface area (Å²) >= 11 is 0. The van der Waals surface area contributed by atoms with Gasteiger partial charge in [0.15, 0.2) is 0 Å². The smallest absolute Gasteiger partial charge is 0.326 e. The van der Waals surface area contributed by atoms with E-state index in [-0.39, 0.29) is 67.0 Å². The number of hydrogen-bond acceptors (Lipinski definition) is 11. The van der Waals surface area contributed by atoms with Gasteiger partial charge in [0.05, 0.1) is 48.8 Å². The van der Waals surface area contributed by atoms with E-state index >= 15 is 0 Å². The fourth-order valence-corrected chi connectivity index (χ4v) is 7.86. The third kappa shape index (κ3) is 12.6. The first kappa shape index (κ1) is 48.3. The van der Waals surface area contributed by atoms with Gasteiger partial charge in [-0.05, 0) is 49.5 Å². The van der Waals surface area contributed by atoms with Crippen LogP contribution >= 0.6 is 0 Å². The Morgan fingerprint density at radius 1 is 0.929 bits per heavy atom. The van der Waals surface area contributed by atoms with E-state index in [1.807, 2.05) is 60.5 Å². The largest absolute Gasteiger partial charge is 0.508 e. The fourth-order valence-electron chi connectivity index (χ4n) is 7.86. The number of phenolic OH excluding ortho intramolecular Hbond substituents is 1. The van der Waals surface area contributed by atoms with E-state index in [1.54, 1.807) is 35.9 Å². The van der Waals surface area contributed by atoms with Crippen LogP contribution < -0.4 is 16.5 Å². The lowest BCUT2D eigenvalue weighted by Crippen LogP contribution is -2.59. The Kier molecular flexibility index (Phi) is 19.2. The maximum Gasteiger partial charge on any atom is 0.326 e. The summed E-state index contributed by atoms with van der Waals surface area (Å²) in [5, 5.41) is 25.1. The van der Waals surface area contributed by atoms with E-state index in [4.69, 9.17) is 20.2 Å². The van der Waals surface area contributed by atoms with Crippen LogP contribution in [0.2, 0.25) is 0 Å². The van der Waals surface area contributed by atoms with E-state index in [2.05, 4.69) is 10.6 Å². The summed E-state index contributed by atoms with van der Waals surface area (Å²) in [6, 6.07) is 2.28. The topological polar surface area (TPSA) is 213 Å². The molecule has 56 heavy (non-hydrogen) atoms. The van der Waals surface area contributed by atoms with Crippen LogP contribution in [0.15, 0.2) is 24.3 Å². The normalized spacial score (nSPS) is 20.2. The molecule has 0 radical (unpaired) electrons. The molecular formula is C40H68N6O10. The number of nitrogens with zero attached hydrogens (tertiary/aromatic N) is 3. The number of nitrogens with one attached hydrogen (secondary N) is 2. The van der Waals surface area contributed by atoms with Gasteiger partial charge in [0.1, 0.15) is 17.8 Å². The molecule has 0 bridgehead atoms. The number of aromatic hydroxyl groups is 1. The molecule has 16 nitrogen and oxygen atoms in total. The van der Waals surface area contributed by atoms with Gasteiger partial charge in [0.2, 0.25) is 23.6 Å². The molecule has 0 spiro atoms. The third-order valence-electron chi connectivity index (χ3n) is 11.1. The van der Waals surface area contributed by atoms with Crippen molar-refractivity contribution in [2.45, 2.75) is 123 Å². The lowest BCUT2D eigenvalue weighted by atomic mass is 9.89. The Labute approximate surface area is 332 Å². The van der Waals surface area contributed by atoms with Gasteiger partial charge in [0, 0.05) is 40.7 Å². The van der Waals surface area contributed by atoms with Gasteiger partial charge in [-0.15, -0.1) is 0 Å². The van der Waals surface area contributed by atoms with Crippen LogP contribution in [-0.4, -0.2) is 145 Å². The summed E-state index contributed by atoms with van der Waals surface area (Å²) in [5.74, 6) is 1.73. The Morgan fingerprint density at radius 3 is 2.00 bits per heavy atom. The number of likely N-dealkylation sites (N-methyl/N-ethyl adjacent to an activating group) is 2. The number of carbonyl (C=O) groups is 5. The number of carboxylic acids is 1. The number of likely N-dealkylation sites (tertiary alicyclic amines) is 1. The molecule has 1 saturated heterocycles. The van der Waals surface area contributed by atoms with Gasteiger partial charge in [-0.2, -0.15) is 0 Å². The van der Waals surface area contributed by atoms with Crippen LogP contribution in [0, 0.1) is 23.7 Å². The molecule has 1 fully saturated rings. The molecule has 1 aromatic carbocycles. The van der Waals surface area contributed by atoms with Gasteiger partial charge in [-0.25, -0.2) is 10.7 Å². The number of phenols is 1. The second-order valence-electron chi connectivity index (χ2n) is 16.1. The highest BCUT2D eigenvalue weighted by Gasteiger charge is 2.46. The minimum absolute atomic E-state index is 0.00868. The molecule has 1 aromatic rings. The molecule has 4 amide bonds. The van der Waals surface area contributed by atoms with Crippen molar-refractivity contribution in [2.24, 2.45) is 29.6 Å². The van der Waals surface area contributed by atoms with Gasteiger partial charge < -0.3 is 40.1 Å². The van der Waals surface area contributed by atoms with Gasteiger partial charge in [-0.3, -0.25) is 28.9 Å². The molecule has 1 heterocycles. The number of amides is 4. The van der Waals surface area contributed by atoms with Crippen LogP contribution in [0.4, 0.5) is 0 Å². The quantitative estimate of drug-likeness (QED) is 0.107. The molecule has 10 atom stereocenters. The first-order chi connectivity index (χ1) is 26.2. The summed E-state index contributed by atoms with van der Waals surface area (Å²) in [7, 11) is 8.24. The van der Waals surface area contributed by atoms with Crippen molar-refractivity contribution in [3.05, 3.63) is 29.8 Å². The predicted molar refractivity (Wildman–Crippen MR) is 211 cm³/mol. The molecular weight excluding hydrogens is 724 g/mol. The molecule has 1 aliphatic heterocycles. The van der Waals surface area contributed by atoms with Crippen molar-refractivity contribution >= 4 is 29.6 Å². The molecule has 1 aliphatic rings. The maximum atomic E-state index is 14.3. The lowest BCUT2D eigenvalue weighted by molar-refractivity contribution is -0.148. The number of aliphatic carboxylic acids is 1. The zero-order valence-corrected chi connectivity index (χ0v) is 35.4. The number of benzene rings is 1. The molecule has 0 saturated carbocycles. The van der Waals surface area contributed by atoms with Crippen molar-refractivity contribution in [3.63, 3.8) is 0 Å². The minimum Gasteiger partial charge on any atom is -0.508 e. The molecule has 16 heteroatoms. The zero-order valence-electron chi connectivity index (χ0n) is 35.4. The highest BCUT2D eigenvalue weighted by atomic mass is 16.6. The molecule has 0 unspecified atom stereocenters. The van der Waals surface area contributed by atoms with Crippen LogP contribution in [0.5, 0.6) is 5.75 Å². The number of carbonyl (C=O) groups excluding carboxylic acids is 4. The van der Waals surface area contributed by atoms with E-state index < -0.39 is 66.3 Å². The standard InChI is InChI=1S/C40H68N6O10/c1-13-24(6)35(45(10)39(51)33(22(2)3)43-38(50)34(23(4)5)44(8)9)31(54-11)20-32(48)46-21-28(56-41)19-30(46)36(55-12)25(7)37(49)42-29(40(52)53)18-26-14-16-27(47)17-15-26/h14-17,22-25,28-31,33-36,47H,13,18-21,41H2,1-12H3,(H,42,49)(H,43,50)(H,52,53)/t24-,25+,28+,29-,30-,31+,33-,34-,35-,36+/m0/s1. The summed E-state index contributed by atoms with van der Waals surface area (Å²) in [6.07, 6.45) is -1.42. The van der Waals surface area contributed by atoms with E-state index in [9.17, 15) is 34.2 Å². The number of ether oxygens (including phenoxy) is 2. The van der Waals surface area contributed by atoms with Crippen LogP contribution in [0.1, 0.15) is 73.3 Å². The summed E-state index contributed by atoms with van der Waals surface area (Å²) in [5.41, 5.74) is 0.603. The Bertz CT molecular complexity index is 1430. The number of methoxy groups -OCH3 is 2. The Morgan fingerprint density at radius 2 is 1.54 bits per heavy atom. The van der Waals surface area contributed by atoms with Crippen molar-refractivity contribution < 1.29 is 48.5 Å². The number of nitrogens with two attached hydrogens (primary N) is 1. The highest BCUT2D eigenvalue weighted by molar-refractivity contribution is 5.90. The lowest BCUT2D eigenvalue weighted by Gasteiger charge is -2.41. The van der Waals surface area contributed by atoms with Crippen LogP contribution in [0.25, 0.3) is 0 Å². The summed E-state index contributed by atoms with van der Waals surface area (Å²) in [6.45, 7) is 13.3. The van der Waals surface area contributed by atoms with Crippen molar-refractivity contribution in [1.82, 2.24) is 25.3 Å². The first-order valence-electron chi connectivity index (χ1n) is 19.5. The second kappa shape index (κ2) is 22.2. The summed E-state index contributed by atoms with van der Waals surface area (Å²) < 4.78 is 11.8. The first-order valence-corrected chi connectivity index (χ1v) is 19.5. The van der Waals surface area contributed by atoms with E-state index in [1.165, 1.54) is 26.4 Å². The van der Waals surface area contributed by atoms with Crippen LogP contribution in [-0.2, 0) is 44.7 Å². The fraction of sp³-hybridized carbons (Fsp3) is 0.725. The monoisotopic (exact) mass is 792 g/mol. The molecule has 2 rings (SSSR count). The number of rotatable bonds is 22. The SMILES string of the molecule is CC[C@H](C)[C@@H]([C@@H](CC(=O)N1C[C@H](ON)C[C@H]1[C@H](OC)[C@@H](C)C(=O)N[C@@H](Cc1ccc(O)cc1)C(=O)O)OC)N(C)C(=O)[C@@H](NC(=O)[C@H](C(C)C)N(C)C)C(C)C. The summed E-state index contributed by atoms with van der Waals surface area (Å²) in [4.78, 5) is 77.9. The molecule has 0 aliphatic carbocycles. The van der Waals surface area contributed by atoms with E-state index in [0.717, 1.165) is 0 Å². The van der Waals surface area contributed by atoms with Gasteiger partial charge in [0.25, 0.3) is 0 Å². The number of hydrogen-bond donors (Lipinski definition) is 5. The maximum absolute atomic E-state index is 14.3. The average Bonchev–Trinajstić information content (AvgIpc) is 3.57. The van der Waals surface area contributed by atoms with Crippen molar-refractivity contribution in [3.8, 4) is 5.75 Å².